The van der Waals surface area contributed by atoms with Crippen LogP contribution in [-0.2, 0) is 0 Å². The summed E-state index contributed by atoms with van der Waals surface area (Å²) in [6, 6.07) is 5.84. The van der Waals surface area contributed by atoms with Crippen LogP contribution >= 0.6 is 31.9 Å². The van der Waals surface area contributed by atoms with Gasteiger partial charge in [0.1, 0.15) is 23.4 Å². The van der Waals surface area contributed by atoms with Gasteiger partial charge in [-0.05, 0) is 50.1 Å². The van der Waals surface area contributed by atoms with Crippen molar-refractivity contribution in [1.29, 1.82) is 0 Å². The summed E-state index contributed by atoms with van der Waals surface area (Å²) in [6.45, 7) is 0. The molecule has 1 atom stereocenters. The van der Waals surface area contributed by atoms with Gasteiger partial charge >= 0.3 is 0 Å². The second kappa shape index (κ2) is 5.42. The lowest BCUT2D eigenvalue weighted by Gasteiger charge is -2.10. The Morgan fingerprint density at radius 1 is 1.33 bits per heavy atom. The molecule has 18 heavy (non-hydrogen) atoms. The van der Waals surface area contributed by atoms with Crippen molar-refractivity contribution < 1.29 is 18.7 Å². The van der Waals surface area contributed by atoms with E-state index in [1.165, 1.54) is 19.2 Å². The molecular weight excluding hydrogens is 371 g/mol. The van der Waals surface area contributed by atoms with E-state index in [1.54, 1.807) is 12.1 Å². The van der Waals surface area contributed by atoms with Crippen LogP contribution in [-0.4, -0.2) is 12.2 Å². The van der Waals surface area contributed by atoms with Crippen LogP contribution in [0.1, 0.15) is 17.4 Å². The zero-order valence-corrected chi connectivity index (χ0v) is 12.5. The lowest BCUT2D eigenvalue weighted by molar-refractivity contribution is 0.183. The van der Waals surface area contributed by atoms with Crippen LogP contribution in [0.4, 0.5) is 4.39 Å². The fraction of sp³-hybridized carbons (Fsp3) is 0.167. The van der Waals surface area contributed by atoms with Gasteiger partial charge in [-0.15, -0.1) is 0 Å². The van der Waals surface area contributed by atoms with Crippen molar-refractivity contribution >= 4 is 31.9 Å². The quantitative estimate of drug-likeness (QED) is 0.875. The average molecular weight is 380 g/mol. The fourth-order valence-corrected chi connectivity index (χ4v) is 2.12. The van der Waals surface area contributed by atoms with Gasteiger partial charge in [-0.25, -0.2) is 4.39 Å². The summed E-state index contributed by atoms with van der Waals surface area (Å²) in [7, 11) is 1.45. The lowest BCUT2D eigenvalue weighted by atomic mass is 10.1. The Kier molecular flexibility index (Phi) is 4.09. The smallest absolute Gasteiger partial charge is 0.183 e. The van der Waals surface area contributed by atoms with Gasteiger partial charge in [0, 0.05) is 11.6 Å². The molecule has 0 spiro atoms. The Bertz CT molecular complexity index is 549. The maximum absolute atomic E-state index is 13.8. The van der Waals surface area contributed by atoms with Crippen molar-refractivity contribution in [2.24, 2.45) is 0 Å². The molecule has 0 amide bonds. The first-order valence-electron chi connectivity index (χ1n) is 4.99. The first-order chi connectivity index (χ1) is 8.52. The first kappa shape index (κ1) is 13.6. The van der Waals surface area contributed by atoms with Gasteiger partial charge in [-0.3, -0.25) is 0 Å². The Morgan fingerprint density at radius 2 is 2.06 bits per heavy atom. The van der Waals surface area contributed by atoms with Gasteiger partial charge in [-0.2, -0.15) is 0 Å². The van der Waals surface area contributed by atoms with E-state index in [0.717, 1.165) is 0 Å². The third-order valence-corrected chi connectivity index (χ3v) is 4.15. The highest BCUT2D eigenvalue weighted by atomic mass is 79.9. The highest BCUT2D eigenvalue weighted by molar-refractivity contribution is 9.13. The number of aliphatic hydroxyl groups is 1. The van der Waals surface area contributed by atoms with Crippen molar-refractivity contribution in [2.45, 2.75) is 6.10 Å². The zero-order valence-electron chi connectivity index (χ0n) is 9.28. The molecule has 96 valence electrons. The number of aliphatic hydroxyl groups excluding tert-OH is 1. The van der Waals surface area contributed by atoms with Gasteiger partial charge in [0.15, 0.2) is 4.67 Å². The van der Waals surface area contributed by atoms with Crippen LogP contribution in [0.15, 0.2) is 37.8 Å². The Labute approximate surface area is 120 Å². The summed E-state index contributed by atoms with van der Waals surface area (Å²) < 4.78 is 25.0. The molecule has 0 aliphatic carbocycles. The minimum absolute atomic E-state index is 0.129. The number of benzene rings is 1. The van der Waals surface area contributed by atoms with Crippen molar-refractivity contribution in [3.63, 3.8) is 0 Å². The first-order valence-corrected chi connectivity index (χ1v) is 6.57. The standard InChI is InChI=1S/C12H9Br2FO3/c1-17-6-2-3-7(9(15)4-6)11(16)10-5-8(13)12(14)18-10/h2-5,11,16H,1H3. The van der Waals surface area contributed by atoms with Gasteiger partial charge in [0.2, 0.25) is 0 Å². The number of rotatable bonds is 3. The van der Waals surface area contributed by atoms with Crippen LogP contribution in [0, 0.1) is 5.82 Å². The monoisotopic (exact) mass is 378 g/mol. The van der Waals surface area contributed by atoms with Crippen LogP contribution in [0.3, 0.4) is 0 Å². The third kappa shape index (κ3) is 2.60. The minimum atomic E-state index is -1.17. The molecule has 0 fully saturated rings. The second-order valence-electron chi connectivity index (χ2n) is 3.56. The predicted molar refractivity (Wildman–Crippen MR) is 71.1 cm³/mol. The Balaban J connectivity index is 2.36. The number of methoxy groups -OCH3 is 1. The zero-order chi connectivity index (χ0) is 13.3. The molecule has 0 saturated heterocycles. The molecule has 1 aromatic heterocycles. The summed E-state index contributed by atoms with van der Waals surface area (Å²) in [6.07, 6.45) is -1.17. The van der Waals surface area contributed by atoms with Crippen LogP contribution < -0.4 is 4.74 Å². The number of furan rings is 1. The van der Waals surface area contributed by atoms with Crippen LogP contribution in [0.2, 0.25) is 0 Å². The van der Waals surface area contributed by atoms with Crippen molar-refractivity contribution in [1.82, 2.24) is 0 Å². The SMILES string of the molecule is COc1ccc(C(O)c2cc(Br)c(Br)o2)c(F)c1. The second-order valence-corrected chi connectivity index (χ2v) is 5.13. The molecular formula is C12H9Br2FO3. The summed E-state index contributed by atoms with van der Waals surface area (Å²) in [5, 5.41) is 10.1. The third-order valence-electron chi connectivity index (χ3n) is 2.44. The fourth-order valence-electron chi connectivity index (χ4n) is 1.51. The van der Waals surface area contributed by atoms with E-state index >= 15 is 0 Å². The molecule has 3 nitrogen and oxygen atoms in total. The molecule has 0 radical (unpaired) electrons. The molecule has 1 aromatic carbocycles. The van der Waals surface area contributed by atoms with E-state index in [4.69, 9.17) is 9.15 Å². The highest BCUT2D eigenvalue weighted by Crippen LogP contribution is 2.33. The maximum atomic E-state index is 13.8. The van der Waals surface area contributed by atoms with E-state index in [0.29, 0.717) is 14.9 Å². The molecule has 2 rings (SSSR count). The summed E-state index contributed by atoms with van der Waals surface area (Å²) in [5.74, 6) is 0.0913. The number of hydrogen-bond acceptors (Lipinski definition) is 3. The van der Waals surface area contributed by atoms with Gasteiger partial charge in [0.25, 0.3) is 0 Å². The summed E-state index contributed by atoms with van der Waals surface area (Å²) in [4.78, 5) is 0. The average Bonchev–Trinajstić information content (AvgIpc) is 2.68. The van der Waals surface area contributed by atoms with Gasteiger partial charge in [0.05, 0.1) is 11.6 Å². The van der Waals surface area contributed by atoms with Crippen molar-refractivity contribution in [3.05, 3.63) is 50.5 Å². The van der Waals surface area contributed by atoms with Crippen molar-refractivity contribution in [3.8, 4) is 5.75 Å². The largest absolute Gasteiger partial charge is 0.497 e. The normalized spacial score (nSPS) is 12.5. The Hall–Kier alpha value is -0.850. The molecule has 0 aliphatic rings. The number of hydrogen-bond donors (Lipinski definition) is 1. The van der Waals surface area contributed by atoms with E-state index in [9.17, 15) is 9.50 Å². The molecule has 2 aromatic rings. The molecule has 6 heteroatoms. The van der Waals surface area contributed by atoms with E-state index in [1.807, 2.05) is 0 Å². The van der Waals surface area contributed by atoms with E-state index < -0.39 is 11.9 Å². The molecule has 1 unspecified atom stereocenters. The molecule has 0 bridgehead atoms. The maximum Gasteiger partial charge on any atom is 0.183 e. The molecule has 0 aliphatic heterocycles. The van der Waals surface area contributed by atoms with Crippen molar-refractivity contribution in [2.75, 3.05) is 7.11 Å². The molecule has 1 heterocycles. The van der Waals surface area contributed by atoms with E-state index in [-0.39, 0.29) is 11.3 Å². The molecule has 0 saturated carbocycles. The van der Waals surface area contributed by atoms with Gasteiger partial charge in [-0.1, -0.05) is 0 Å². The lowest BCUT2D eigenvalue weighted by Crippen LogP contribution is -2.01. The van der Waals surface area contributed by atoms with E-state index in [2.05, 4.69) is 31.9 Å². The summed E-state index contributed by atoms with van der Waals surface area (Å²) >= 11 is 6.39. The Morgan fingerprint density at radius 3 is 2.56 bits per heavy atom. The van der Waals surface area contributed by atoms with Crippen LogP contribution in [0.5, 0.6) is 5.75 Å². The minimum Gasteiger partial charge on any atom is -0.497 e. The van der Waals surface area contributed by atoms with Crippen LogP contribution in [0.25, 0.3) is 0 Å². The summed E-state index contributed by atoms with van der Waals surface area (Å²) in [5.41, 5.74) is 0.129. The predicted octanol–water partition coefficient (Wildman–Crippen LogP) is 4.03. The highest BCUT2D eigenvalue weighted by Gasteiger charge is 2.20. The molecule has 1 N–H and O–H groups in total. The number of ether oxygens (including phenoxy) is 1. The number of halogens is 3. The topological polar surface area (TPSA) is 42.6 Å². The van der Waals surface area contributed by atoms with Gasteiger partial charge < -0.3 is 14.3 Å².